The number of phenolic OH excluding ortho intramolecular Hbond substituents is 1. The molecule has 0 bridgehead atoms. The molecule has 0 atom stereocenters. The van der Waals surface area contributed by atoms with E-state index in [0.29, 0.717) is 11.4 Å². The minimum Gasteiger partial charge on any atom is -0.507 e. The van der Waals surface area contributed by atoms with Crippen molar-refractivity contribution in [2.45, 2.75) is 11.3 Å². The Labute approximate surface area is 81.2 Å². The maximum absolute atomic E-state index is 9.33. The van der Waals surface area contributed by atoms with E-state index in [1.807, 2.05) is 11.5 Å². The fraction of sp³-hybridized carbons (Fsp3) is 0.222. The molecule has 0 aliphatic carbocycles. The molecule has 13 heavy (non-hydrogen) atoms. The largest absolute Gasteiger partial charge is 0.507 e. The van der Waals surface area contributed by atoms with E-state index >= 15 is 0 Å². The summed E-state index contributed by atoms with van der Waals surface area (Å²) < 4.78 is 0. The summed E-state index contributed by atoms with van der Waals surface area (Å²) in [7, 11) is 0. The van der Waals surface area contributed by atoms with Crippen LogP contribution in [0.2, 0.25) is 0 Å². The Kier molecular flexibility index (Phi) is 3.62. The van der Waals surface area contributed by atoms with Crippen LogP contribution < -0.4 is 5.73 Å². The van der Waals surface area contributed by atoms with Gasteiger partial charge in [-0.1, -0.05) is 6.07 Å². The van der Waals surface area contributed by atoms with E-state index in [-0.39, 0.29) is 5.75 Å². The lowest BCUT2D eigenvalue weighted by Crippen LogP contribution is -2.02. The average molecular weight is 194 g/mol. The van der Waals surface area contributed by atoms with Gasteiger partial charge in [-0.25, -0.2) is 0 Å². The predicted octanol–water partition coefficient (Wildman–Crippen LogP) is 1.47. The third-order valence-corrected chi connectivity index (χ3v) is 2.25. The third-order valence-electron chi connectivity index (χ3n) is 1.61. The van der Waals surface area contributed by atoms with Crippen molar-refractivity contribution in [3.8, 4) is 11.2 Å². The first-order chi connectivity index (χ1) is 6.27. The fourth-order valence-electron chi connectivity index (χ4n) is 1.01. The third kappa shape index (κ3) is 2.65. The zero-order valence-electron chi connectivity index (χ0n) is 7.03. The summed E-state index contributed by atoms with van der Waals surface area (Å²) in [5, 5.41) is 19.7. The number of phenols is 1. The number of thioether (sulfide) groups is 1. The molecule has 0 aliphatic heterocycles. The summed E-state index contributed by atoms with van der Waals surface area (Å²) in [4.78, 5) is 0.591. The second-order valence-corrected chi connectivity index (χ2v) is 3.36. The van der Waals surface area contributed by atoms with Crippen LogP contribution in [0.1, 0.15) is 5.56 Å². The molecular formula is C9H10N2OS. The van der Waals surface area contributed by atoms with Gasteiger partial charge in [0.1, 0.15) is 11.2 Å². The second-order valence-electron chi connectivity index (χ2n) is 2.53. The monoisotopic (exact) mass is 194 g/mol. The Morgan fingerprint density at radius 1 is 1.54 bits per heavy atom. The molecule has 1 rings (SSSR count). The van der Waals surface area contributed by atoms with Gasteiger partial charge in [0.25, 0.3) is 0 Å². The van der Waals surface area contributed by atoms with E-state index in [1.165, 1.54) is 0 Å². The van der Waals surface area contributed by atoms with Crippen LogP contribution in [0, 0.1) is 10.7 Å². The zero-order chi connectivity index (χ0) is 9.68. The van der Waals surface area contributed by atoms with Crippen molar-refractivity contribution in [2.24, 2.45) is 5.73 Å². The summed E-state index contributed by atoms with van der Waals surface area (Å²) in [5.41, 5.74) is 6.43. The van der Waals surface area contributed by atoms with Crippen LogP contribution in [0.15, 0.2) is 23.1 Å². The maximum atomic E-state index is 9.33. The van der Waals surface area contributed by atoms with Gasteiger partial charge in [0.2, 0.25) is 0 Å². The lowest BCUT2D eigenvalue weighted by molar-refractivity contribution is 0.462. The van der Waals surface area contributed by atoms with Gasteiger partial charge >= 0.3 is 0 Å². The van der Waals surface area contributed by atoms with Crippen molar-refractivity contribution in [1.29, 1.82) is 5.26 Å². The molecule has 0 fully saturated rings. The van der Waals surface area contributed by atoms with E-state index in [0.717, 1.165) is 23.7 Å². The number of nitrogens with two attached hydrogens (primary N) is 1. The van der Waals surface area contributed by atoms with Gasteiger partial charge in [-0.15, -0.1) is 0 Å². The summed E-state index contributed by atoms with van der Waals surface area (Å²) in [5.74, 6) is 0.146. The highest BCUT2D eigenvalue weighted by Crippen LogP contribution is 2.28. The number of rotatable bonds is 3. The molecule has 0 radical (unpaired) electrons. The molecule has 1 aromatic carbocycles. The first-order valence-electron chi connectivity index (χ1n) is 3.86. The van der Waals surface area contributed by atoms with Crippen molar-refractivity contribution >= 4 is 11.8 Å². The maximum Gasteiger partial charge on any atom is 0.138 e. The molecule has 0 amide bonds. The fourth-order valence-corrected chi connectivity index (χ4v) is 1.49. The lowest BCUT2D eigenvalue weighted by atomic mass is 10.1. The van der Waals surface area contributed by atoms with Crippen molar-refractivity contribution in [3.05, 3.63) is 23.8 Å². The molecule has 0 spiro atoms. The highest BCUT2D eigenvalue weighted by molar-refractivity contribution is 8.03. The Morgan fingerprint density at radius 2 is 2.31 bits per heavy atom. The molecule has 0 unspecified atom stereocenters. The molecule has 3 nitrogen and oxygen atoms in total. The number of nitrogens with zero attached hydrogens (tertiary/aromatic N) is 1. The van der Waals surface area contributed by atoms with Gasteiger partial charge in [0, 0.05) is 0 Å². The van der Waals surface area contributed by atoms with Crippen molar-refractivity contribution in [1.82, 2.24) is 0 Å². The van der Waals surface area contributed by atoms with Gasteiger partial charge in [0.15, 0.2) is 0 Å². The van der Waals surface area contributed by atoms with Crippen molar-refractivity contribution < 1.29 is 5.11 Å². The van der Waals surface area contributed by atoms with Gasteiger partial charge in [-0.3, -0.25) is 0 Å². The number of hydrogen-bond acceptors (Lipinski definition) is 4. The molecular weight excluding hydrogens is 184 g/mol. The number of nitriles is 1. The van der Waals surface area contributed by atoms with Crippen LogP contribution in [-0.4, -0.2) is 11.7 Å². The smallest absolute Gasteiger partial charge is 0.138 e. The van der Waals surface area contributed by atoms with Crippen molar-refractivity contribution in [2.75, 3.05) is 6.54 Å². The molecule has 0 heterocycles. The standard InChI is InChI=1S/C9H10N2OS/c10-4-3-7-1-2-8(12)9(5-7)13-6-11/h1-2,5,12H,3-4,10H2. The van der Waals surface area contributed by atoms with Crippen LogP contribution in [0.4, 0.5) is 0 Å². The molecule has 68 valence electrons. The summed E-state index contributed by atoms with van der Waals surface area (Å²) in [6.07, 6.45) is 0.763. The van der Waals surface area contributed by atoms with E-state index in [1.54, 1.807) is 12.1 Å². The summed E-state index contributed by atoms with van der Waals surface area (Å²) in [6.45, 7) is 0.571. The topological polar surface area (TPSA) is 70.0 Å². The molecule has 0 aromatic heterocycles. The molecule has 0 aliphatic rings. The molecule has 0 saturated carbocycles. The van der Waals surface area contributed by atoms with E-state index in [4.69, 9.17) is 11.0 Å². The highest BCUT2D eigenvalue weighted by atomic mass is 32.2. The number of hydrogen-bond donors (Lipinski definition) is 2. The van der Waals surface area contributed by atoms with Gasteiger partial charge in [-0.2, -0.15) is 5.26 Å². The van der Waals surface area contributed by atoms with Crippen LogP contribution in [0.5, 0.6) is 5.75 Å². The van der Waals surface area contributed by atoms with Crippen LogP contribution in [-0.2, 0) is 6.42 Å². The van der Waals surface area contributed by atoms with E-state index < -0.39 is 0 Å². The van der Waals surface area contributed by atoms with Gasteiger partial charge in [0.05, 0.1) is 4.90 Å². The van der Waals surface area contributed by atoms with E-state index in [2.05, 4.69) is 0 Å². The van der Waals surface area contributed by atoms with Crippen LogP contribution >= 0.6 is 11.8 Å². The normalized spacial score (nSPS) is 9.54. The van der Waals surface area contributed by atoms with Gasteiger partial charge in [-0.05, 0) is 42.4 Å². The molecule has 0 saturated heterocycles. The zero-order valence-corrected chi connectivity index (χ0v) is 7.84. The van der Waals surface area contributed by atoms with Crippen LogP contribution in [0.3, 0.4) is 0 Å². The minimum absolute atomic E-state index is 0.146. The minimum atomic E-state index is 0.146. The number of benzene rings is 1. The Hall–Kier alpha value is -1.18. The SMILES string of the molecule is N#CSc1cc(CCN)ccc1O. The number of aromatic hydroxyl groups is 1. The Balaban J connectivity index is 2.91. The molecule has 4 heteroatoms. The highest BCUT2D eigenvalue weighted by Gasteiger charge is 2.02. The predicted molar refractivity (Wildman–Crippen MR) is 52.3 cm³/mol. The lowest BCUT2D eigenvalue weighted by Gasteiger charge is -2.02. The number of thiocyanates is 1. The van der Waals surface area contributed by atoms with Gasteiger partial charge < -0.3 is 10.8 Å². The van der Waals surface area contributed by atoms with Crippen molar-refractivity contribution in [3.63, 3.8) is 0 Å². The first kappa shape index (κ1) is 9.90. The Bertz CT molecular complexity index is 333. The second kappa shape index (κ2) is 4.75. The quantitative estimate of drug-likeness (QED) is 0.564. The molecule has 3 N–H and O–H groups in total. The van der Waals surface area contributed by atoms with E-state index in [9.17, 15) is 5.11 Å². The Morgan fingerprint density at radius 3 is 2.92 bits per heavy atom. The first-order valence-corrected chi connectivity index (χ1v) is 4.67. The summed E-state index contributed by atoms with van der Waals surface area (Å²) >= 11 is 0.957. The summed E-state index contributed by atoms with van der Waals surface area (Å²) in [6, 6.07) is 5.18. The average Bonchev–Trinajstić information content (AvgIpc) is 2.12. The molecule has 1 aromatic rings. The van der Waals surface area contributed by atoms with Crippen LogP contribution in [0.25, 0.3) is 0 Å².